The summed E-state index contributed by atoms with van der Waals surface area (Å²) in [5.41, 5.74) is 2.11. The summed E-state index contributed by atoms with van der Waals surface area (Å²) in [5, 5.41) is 5.69. The maximum Gasteiger partial charge on any atom is 0.232 e. The molecule has 1 aliphatic rings. The van der Waals surface area contributed by atoms with Crippen molar-refractivity contribution in [2.75, 3.05) is 23.8 Å². The van der Waals surface area contributed by atoms with Crippen molar-refractivity contribution in [3.8, 4) is 11.5 Å². The van der Waals surface area contributed by atoms with E-state index in [9.17, 15) is 9.59 Å². The molecule has 2 aromatic rings. The van der Waals surface area contributed by atoms with Crippen LogP contribution >= 0.6 is 0 Å². The van der Waals surface area contributed by atoms with Gasteiger partial charge in [-0.1, -0.05) is 18.2 Å². The molecule has 0 aliphatic carbocycles. The number of rotatable bonds is 6. The Labute approximate surface area is 152 Å². The van der Waals surface area contributed by atoms with E-state index < -0.39 is 5.92 Å². The number of anilines is 2. The lowest BCUT2D eigenvalue weighted by Crippen LogP contribution is -2.30. The van der Waals surface area contributed by atoms with E-state index in [2.05, 4.69) is 10.6 Å². The molecule has 1 atom stereocenters. The summed E-state index contributed by atoms with van der Waals surface area (Å²) in [6, 6.07) is 12.6. The van der Waals surface area contributed by atoms with Gasteiger partial charge in [-0.2, -0.15) is 0 Å². The molecule has 6 nitrogen and oxygen atoms in total. The van der Waals surface area contributed by atoms with E-state index in [1.54, 1.807) is 24.3 Å². The molecule has 136 valence electrons. The van der Waals surface area contributed by atoms with Gasteiger partial charge in [0.2, 0.25) is 11.8 Å². The minimum Gasteiger partial charge on any atom is -0.490 e. The molecule has 0 saturated heterocycles. The number of hydrogen-bond donors (Lipinski definition) is 2. The Hall–Kier alpha value is -3.02. The Morgan fingerprint density at radius 1 is 1.12 bits per heavy atom. The highest BCUT2D eigenvalue weighted by atomic mass is 16.5. The van der Waals surface area contributed by atoms with Crippen LogP contribution in [0.5, 0.6) is 11.5 Å². The number of carbonyl (C=O) groups excluding carboxylic acids is 2. The third kappa shape index (κ3) is 3.79. The van der Waals surface area contributed by atoms with Gasteiger partial charge in [0.05, 0.1) is 19.1 Å². The van der Waals surface area contributed by atoms with Gasteiger partial charge in [0, 0.05) is 23.9 Å². The fraction of sp³-hybridized carbons (Fsp3) is 0.300. The Bertz CT molecular complexity index is 819. The molecule has 2 N–H and O–H groups in total. The molecule has 2 aromatic carbocycles. The van der Waals surface area contributed by atoms with Crippen LogP contribution in [0.2, 0.25) is 0 Å². The molecule has 6 heteroatoms. The molecule has 3 rings (SSSR count). The number of amides is 2. The van der Waals surface area contributed by atoms with Gasteiger partial charge in [0.25, 0.3) is 0 Å². The quantitative estimate of drug-likeness (QED) is 0.832. The molecule has 0 saturated carbocycles. The first-order chi connectivity index (χ1) is 12.6. The smallest absolute Gasteiger partial charge is 0.232 e. The lowest BCUT2D eigenvalue weighted by Gasteiger charge is -2.25. The number of ether oxygens (including phenoxy) is 2. The SMILES string of the molecule is CCOc1ccc(NC(=O)C2CC(=O)Nc3ccccc32)cc1OCC. The van der Waals surface area contributed by atoms with E-state index in [0.29, 0.717) is 36.1 Å². The molecule has 0 spiro atoms. The van der Waals surface area contributed by atoms with E-state index in [1.807, 2.05) is 32.0 Å². The van der Waals surface area contributed by atoms with Crippen LogP contribution in [0.3, 0.4) is 0 Å². The van der Waals surface area contributed by atoms with Crippen molar-refractivity contribution in [3.05, 3.63) is 48.0 Å². The third-order valence-electron chi connectivity index (χ3n) is 4.13. The summed E-state index contributed by atoms with van der Waals surface area (Å²) < 4.78 is 11.1. The highest BCUT2D eigenvalue weighted by Crippen LogP contribution is 2.34. The number of carbonyl (C=O) groups is 2. The third-order valence-corrected chi connectivity index (χ3v) is 4.13. The molecule has 1 heterocycles. The van der Waals surface area contributed by atoms with Crippen molar-refractivity contribution in [3.63, 3.8) is 0 Å². The fourth-order valence-electron chi connectivity index (χ4n) is 3.00. The average molecular weight is 354 g/mol. The molecule has 0 aromatic heterocycles. The summed E-state index contributed by atoms with van der Waals surface area (Å²) in [7, 11) is 0. The first-order valence-electron chi connectivity index (χ1n) is 8.71. The van der Waals surface area contributed by atoms with Crippen LogP contribution < -0.4 is 20.1 Å². The van der Waals surface area contributed by atoms with Gasteiger partial charge < -0.3 is 20.1 Å². The van der Waals surface area contributed by atoms with Gasteiger partial charge in [-0.25, -0.2) is 0 Å². The summed E-state index contributed by atoms with van der Waals surface area (Å²) in [6.07, 6.45) is 0.123. The van der Waals surface area contributed by atoms with Crippen molar-refractivity contribution in [2.45, 2.75) is 26.2 Å². The number of para-hydroxylation sites is 1. The average Bonchev–Trinajstić information content (AvgIpc) is 2.63. The highest BCUT2D eigenvalue weighted by Gasteiger charge is 2.30. The van der Waals surface area contributed by atoms with E-state index in [-0.39, 0.29) is 18.2 Å². The van der Waals surface area contributed by atoms with Gasteiger partial charge >= 0.3 is 0 Å². The first-order valence-corrected chi connectivity index (χ1v) is 8.71. The van der Waals surface area contributed by atoms with Crippen LogP contribution in [0.1, 0.15) is 31.7 Å². The van der Waals surface area contributed by atoms with E-state index in [0.717, 1.165) is 5.56 Å². The van der Waals surface area contributed by atoms with Crippen LogP contribution in [0.4, 0.5) is 11.4 Å². The summed E-state index contributed by atoms with van der Waals surface area (Å²) >= 11 is 0. The molecular formula is C20H22N2O4. The fourth-order valence-corrected chi connectivity index (χ4v) is 3.00. The molecule has 1 aliphatic heterocycles. The van der Waals surface area contributed by atoms with Crippen LogP contribution in [-0.2, 0) is 9.59 Å². The first kappa shape index (κ1) is 17.8. The Balaban J connectivity index is 1.82. The molecule has 1 unspecified atom stereocenters. The second-order valence-electron chi connectivity index (χ2n) is 5.91. The second-order valence-corrected chi connectivity index (χ2v) is 5.91. The van der Waals surface area contributed by atoms with E-state index in [1.165, 1.54) is 0 Å². The van der Waals surface area contributed by atoms with E-state index in [4.69, 9.17) is 9.47 Å². The standard InChI is InChI=1S/C20H22N2O4/c1-3-25-17-10-9-13(11-18(17)26-4-2)21-20(24)15-12-19(23)22-16-8-6-5-7-14(15)16/h5-11,15H,3-4,12H2,1-2H3,(H,21,24)(H,22,23). The predicted molar refractivity (Wildman–Crippen MR) is 99.8 cm³/mol. The number of nitrogens with one attached hydrogen (secondary N) is 2. The van der Waals surface area contributed by atoms with Crippen molar-refractivity contribution in [1.82, 2.24) is 0 Å². The lowest BCUT2D eigenvalue weighted by atomic mass is 9.90. The van der Waals surface area contributed by atoms with Crippen LogP contribution in [0.25, 0.3) is 0 Å². The topological polar surface area (TPSA) is 76.7 Å². The zero-order valence-electron chi connectivity index (χ0n) is 14.9. The monoisotopic (exact) mass is 354 g/mol. The second kappa shape index (κ2) is 7.91. The van der Waals surface area contributed by atoms with Gasteiger partial charge in [-0.15, -0.1) is 0 Å². The molecule has 0 bridgehead atoms. The highest BCUT2D eigenvalue weighted by molar-refractivity contribution is 6.05. The van der Waals surface area contributed by atoms with Crippen LogP contribution in [0, 0.1) is 0 Å². The maximum absolute atomic E-state index is 12.8. The molecule has 0 radical (unpaired) electrons. The summed E-state index contributed by atoms with van der Waals surface area (Å²) in [5.74, 6) is 0.301. The minimum atomic E-state index is -0.526. The van der Waals surface area contributed by atoms with Crippen LogP contribution in [0.15, 0.2) is 42.5 Å². The maximum atomic E-state index is 12.8. The summed E-state index contributed by atoms with van der Waals surface area (Å²) in [6.45, 7) is 4.81. The van der Waals surface area contributed by atoms with Crippen molar-refractivity contribution in [1.29, 1.82) is 0 Å². The van der Waals surface area contributed by atoms with Gasteiger partial charge in [0.15, 0.2) is 11.5 Å². The van der Waals surface area contributed by atoms with Gasteiger partial charge in [0.1, 0.15) is 0 Å². The summed E-state index contributed by atoms with van der Waals surface area (Å²) in [4.78, 5) is 24.7. The Morgan fingerprint density at radius 3 is 2.62 bits per heavy atom. The number of benzene rings is 2. The molecule has 0 fully saturated rings. The lowest BCUT2D eigenvalue weighted by molar-refractivity contribution is -0.123. The van der Waals surface area contributed by atoms with Crippen molar-refractivity contribution >= 4 is 23.2 Å². The minimum absolute atomic E-state index is 0.123. The largest absolute Gasteiger partial charge is 0.490 e. The van der Waals surface area contributed by atoms with E-state index >= 15 is 0 Å². The van der Waals surface area contributed by atoms with Crippen molar-refractivity contribution in [2.24, 2.45) is 0 Å². The van der Waals surface area contributed by atoms with Gasteiger partial charge in [-0.05, 0) is 37.6 Å². The zero-order chi connectivity index (χ0) is 18.5. The predicted octanol–water partition coefficient (Wildman–Crippen LogP) is 3.55. The van der Waals surface area contributed by atoms with Crippen LogP contribution in [-0.4, -0.2) is 25.0 Å². The molecule has 26 heavy (non-hydrogen) atoms. The molecule has 2 amide bonds. The molecular weight excluding hydrogens is 332 g/mol. The van der Waals surface area contributed by atoms with Gasteiger partial charge in [-0.3, -0.25) is 9.59 Å². The number of hydrogen-bond acceptors (Lipinski definition) is 4. The Morgan fingerprint density at radius 2 is 1.85 bits per heavy atom. The Kier molecular flexibility index (Phi) is 5.41. The normalized spacial score (nSPS) is 15.6. The number of fused-ring (bicyclic) bond motifs is 1. The zero-order valence-corrected chi connectivity index (χ0v) is 14.9. The van der Waals surface area contributed by atoms with Crippen molar-refractivity contribution < 1.29 is 19.1 Å².